The van der Waals surface area contributed by atoms with Crippen molar-refractivity contribution >= 4 is 11.6 Å². The number of hydrogen-bond donors (Lipinski definition) is 3. The van der Waals surface area contributed by atoms with E-state index < -0.39 is 0 Å². The molecule has 0 heterocycles. The highest BCUT2D eigenvalue weighted by Gasteiger charge is 2.12. The minimum Gasteiger partial charge on any atom is -0.396 e. The van der Waals surface area contributed by atoms with Gasteiger partial charge in [0, 0.05) is 24.2 Å². The standard InChI is InChI=1S/C12H18ClFN2O/c13-11-7-9(14)3-4-10(11)12(8-15)16-5-1-2-6-17/h3-4,7,12,16-17H,1-2,5-6,8,15H2. The van der Waals surface area contributed by atoms with E-state index in [1.54, 1.807) is 6.07 Å². The summed E-state index contributed by atoms with van der Waals surface area (Å²) in [6.07, 6.45) is 1.62. The molecule has 5 heteroatoms. The molecule has 0 fully saturated rings. The van der Waals surface area contributed by atoms with Crippen LogP contribution in [0.15, 0.2) is 18.2 Å². The van der Waals surface area contributed by atoms with Gasteiger partial charge in [0.05, 0.1) is 0 Å². The van der Waals surface area contributed by atoms with E-state index >= 15 is 0 Å². The van der Waals surface area contributed by atoms with Crippen molar-refractivity contribution in [3.63, 3.8) is 0 Å². The van der Waals surface area contributed by atoms with Gasteiger partial charge in [-0.1, -0.05) is 17.7 Å². The number of nitrogens with one attached hydrogen (secondary N) is 1. The molecule has 17 heavy (non-hydrogen) atoms. The second kappa shape index (κ2) is 7.61. The van der Waals surface area contributed by atoms with Crippen molar-refractivity contribution < 1.29 is 9.50 Å². The lowest BCUT2D eigenvalue weighted by molar-refractivity contribution is 0.282. The molecular weight excluding hydrogens is 243 g/mol. The van der Waals surface area contributed by atoms with Crippen molar-refractivity contribution in [1.29, 1.82) is 0 Å². The Morgan fingerprint density at radius 3 is 2.76 bits per heavy atom. The highest BCUT2D eigenvalue weighted by molar-refractivity contribution is 6.31. The first-order valence-electron chi connectivity index (χ1n) is 5.68. The van der Waals surface area contributed by atoms with Gasteiger partial charge < -0.3 is 16.2 Å². The quantitative estimate of drug-likeness (QED) is 0.656. The first-order valence-corrected chi connectivity index (χ1v) is 6.06. The number of aliphatic hydroxyl groups is 1. The molecule has 4 N–H and O–H groups in total. The van der Waals surface area contributed by atoms with Crippen LogP contribution in [-0.2, 0) is 0 Å². The summed E-state index contributed by atoms with van der Waals surface area (Å²) in [4.78, 5) is 0. The Bertz CT molecular complexity index is 349. The minimum atomic E-state index is -0.352. The van der Waals surface area contributed by atoms with Crippen LogP contribution < -0.4 is 11.1 Å². The maximum absolute atomic E-state index is 12.9. The topological polar surface area (TPSA) is 58.3 Å². The van der Waals surface area contributed by atoms with Crippen molar-refractivity contribution in [2.75, 3.05) is 19.7 Å². The average molecular weight is 261 g/mol. The fraction of sp³-hybridized carbons (Fsp3) is 0.500. The van der Waals surface area contributed by atoms with E-state index in [0.717, 1.165) is 24.9 Å². The van der Waals surface area contributed by atoms with Crippen molar-refractivity contribution in [2.24, 2.45) is 5.73 Å². The molecule has 1 atom stereocenters. The fourth-order valence-corrected chi connectivity index (χ4v) is 1.92. The van der Waals surface area contributed by atoms with Crippen molar-refractivity contribution in [3.8, 4) is 0 Å². The van der Waals surface area contributed by atoms with Gasteiger partial charge in [-0.05, 0) is 37.1 Å². The molecule has 1 aromatic rings. The van der Waals surface area contributed by atoms with Crippen molar-refractivity contribution in [1.82, 2.24) is 5.32 Å². The number of nitrogens with two attached hydrogens (primary N) is 1. The van der Waals surface area contributed by atoms with Crippen LogP contribution in [0.1, 0.15) is 24.4 Å². The summed E-state index contributed by atoms with van der Waals surface area (Å²) in [7, 11) is 0. The Morgan fingerprint density at radius 1 is 1.41 bits per heavy atom. The first-order chi connectivity index (χ1) is 8.19. The number of benzene rings is 1. The SMILES string of the molecule is NCC(NCCCCO)c1ccc(F)cc1Cl. The molecule has 0 aliphatic rings. The molecule has 0 saturated carbocycles. The Labute approximate surface area is 106 Å². The van der Waals surface area contributed by atoms with Crippen molar-refractivity contribution in [2.45, 2.75) is 18.9 Å². The van der Waals surface area contributed by atoms with Crippen LogP contribution in [0.2, 0.25) is 5.02 Å². The minimum absolute atomic E-state index is 0.0817. The molecule has 1 aromatic carbocycles. The van der Waals surface area contributed by atoms with Crippen LogP contribution in [0.4, 0.5) is 4.39 Å². The Balaban J connectivity index is 2.59. The Morgan fingerprint density at radius 2 is 2.18 bits per heavy atom. The molecule has 0 amide bonds. The van der Waals surface area contributed by atoms with Gasteiger partial charge in [-0.25, -0.2) is 4.39 Å². The summed E-state index contributed by atoms with van der Waals surface area (Å²) >= 11 is 5.97. The first kappa shape index (κ1) is 14.4. The molecule has 0 aliphatic carbocycles. The molecule has 0 bridgehead atoms. The third kappa shape index (κ3) is 4.60. The zero-order valence-electron chi connectivity index (χ0n) is 9.63. The van der Waals surface area contributed by atoms with Gasteiger partial charge in [0.15, 0.2) is 0 Å². The molecule has 0 aromatic heterocycles. The summed E-state index contributed by atoms with van der Waals surface area (Å²) in [5.41, 5.74) is 6.47. The Kier molecular flexibility index (Phi) is 6.44. The van der Waals surface area contributed by atoms with Gasteiger partial charge in [-0.2, -0.15) is 0 Å². The van der Waals surface area contributed by atoms with E-state index in [0.29, 0.717) is 11.6 Å². The summed E-state index contributed by atoms with van der Waals surface area (Å²) in [5, 5.41) is 12.3. The summed E-state index contributed by atoms with van der Waals surface area (Å²) < 4.78 is 12.9. The maximum atomic E-state index is 12.9. The number of halogens is 2. The highest BCUT2D eigenvalue weighted by atomic mass is 35.5. The zero-order valence-corrected chi connectivity index (χ0v) is 10.4. The lowest BCUT2D eigenvalue weighted by Crippen LogP contribution is -2.29. The van der Waals surface area contributed by atoms with Gasteiger partial charge in [0.1, 0.15) is 5.82 Å². The monoisotopic (exact) mass is 260 g/mol. The molecule has 0 saturated heterocycles. The van der Waals surface area contributed by atoms with Gasteiger partial charge in [-0.15, -0.1) is 0 Å². The van der Waals surface area contributed by atoms with Gasteiger partial charge >= 0.3 is 0 Å². The third-order valence-electron chi connectivity index (χ3n) is 2.55. The molecule has 0 radical (unpaired) electrons. The van der Waals surface area contributed by atoms with Crippen LogP contribution in [0.3, 0.4) is 0 Å². The molecule has 96 valence electrons. The largest absolute Gasteiger partial charge is 0.396 e. The molecule has 0 spiro atoms. The number of aliphatic hydroxyl groups excluding tert-OH is 1. The lowest BCUT2D eigenvalue weighted by Gasteiger charge is -2.18. The normalized spacial score (nSPS) is 12.7. The van der Waals surface area contributed by atoms with Gasteiger partial charge in [-0.3, -0.25) is 0 Å². The zero-order chi connectivity index (χ0) is 12.7. The second-order valence-electron chi connectivity index (χ2n) is 3.84. The molecule has 1 unspecified atom stereocenters. The second-order valence-corrected chi connectivity index (χ2v) is 4.25. The molecule has 1 rings (SSSR count). The fourth-order valence-electron chi connectivity index (χ4n) is 1.62. The van der Waals surface area contributed by atoms with E-state index in [9.17, 15) is 4.39 Å². The maximum Gasteiger partial charge on any atom is 0.124 e. The molecular formula is C12H18ClFN2O. The number of rotatable bonds is 7. The van der Waals surface area contributed by atoms with E-state index in [1.165, 1.54) is 12.1 Å². The summed E-state index contributed by atoms with van der Waals surface area (Å²) in [6, 6.07) is 4.23. The van der Waals surface area contributed by atoms with Crippen LogP contribution in [0, 0.1) is 5.82 Å². The van der Waals surface area contributed by atoms with E-state index in [1.807, 2.05) is 0 Å². The molecule has 0 aliphatic heterocycles. The average Bonchev–Trinajstić information content (AvgIpc) is 2.31. The number of hydrogen-bond acceptors (Lipinski definition) is 3. The van der Waals surface area contributed by atoms with E-state index in [-0.39, 0.29) is 18.5 Å². The highest BCUT2D eigenvalue weighted by Crippen LogP contribution is 2.23. The third-order valence-corrected chi connectivity index (χ3v) is 2.88. The molecule has 3 nitrogen and oxygen atoms in total. The van der Waals surface area contributed by atoms with Crippen molar-refractivity contribution in [3.05, 3.63) is 34.6 Å². The predicted molar refractivity (Wildman–Crippen MR) is 67.5 cm³/mol. The Hall–Kier alpha value is -0.680. The van der Waals surface area contributed by atoms with Crippen LogP contribution >= 0.6 is 11.6 Å². The summed E-state index contributed by atoms with van der Waals surface area (Å²) in [6.45, 7) is 1.33. The van der Waals surface area contributed by atoms with Crippen LogP contribution in [0.5, 0.6) is 0 Å². The predicted octanol–water partition coefficient (Wildman–Crippen LogP) is 1.84. The van der Waals surface area contributed by atoms with E-state index in [2.05, 4.69) is 5.32 Å². The van der Waals surface area contributed by atoms with Crippen LogP contribution in [-0.4, -0.2) is 24.8 Å². The van der Waals surface area contributed by atoms with Gasteiger partial charge in [0.2, 0.25) is 0 Å². The smallest absolute Gasteiger partial charge is 0.124 e. The van der Waals surface area contributed by atoms with E-state index in [4.69, 9.17) is 22.4 Å². The summed E-state index contributed by atoms with van der Waals surface area (Å²) in [5.74, 6) is -0.352. The van der Waals surface area contributed by atoms with Gasteiger partial charge in [0.25, 0.3) is 0 Å². The lowest BCUT2D eigenvalue weighted by atomic mass is 10.1. The number of unbranched alkanes of at least 4 members (excludes halogenated alkanes) is 1. The van der Waals surface area contributed by atoms with Crippen LogP contribution in [0.25, 0.3) is 0 Å².